The summed E-state index contributed by atoms with van der Waals surface area (Å²) in [5.74, 6) is 2.09. The molecular weight excluding hydrogens is 296 g/mol. The molecular formula is C22H32O2. The highest BCUT2D eigenvalue weighted by molar-refractivity contribution is 5.58. The molecule has 0 saturated heterocycles. The molecule has 1 aromatic rings. The van der Waals surface area contributed by atoms with E-state index in [1.807, 2.05) is 0 Å². The van der Waals surface area contributed by atoms with Crippen molar-refractivity contribution in [3.8, 4) is 11.5 Å². The van der Waals surface area contributed by atoms with Crippen LogP contribution in [0.3, 0.4) is 0 Å². The number of ether oxygens (including phenoxy) is 1. The van der Waals surface area contributed by atoms with Gasteiger partial charge in [0.15, 0.2) is 0 Å². The Morgan fingerprint density at radius 2 is 2.00 bits per heavy atom. The van der Waals surface area contributed by atoms with Gasteiger partial charge in [0.2, 0.25) is 0 Å². The van der Waals surface area contributed by atoms with Gasteiger partial charge in [0.1, 0.15) is 17.1 Å². The number of allylic oxidation sites excluding steroid dienone is 2. The summed E-state index contributed by atoms with van der Waals surface area (Å²) in [7, 11) is 0. The van der Waals surface area contributed by atoms with Gasteiger partial charge in [-0.2, -0.15) is 0 Å². The molecule has 2 heteroatoms. The van der Waals surface area contributed by atoms with Gasteiger partial charge >= 0.3 is 0 Å². The molecule has 0 aromatic heterocycles. The van der Waals surface area contributed by atoms with Crippen LogP contribution in [0.5, 0.6) is 11.5 Å². The summed E-state index contributed by atoms with van der Waals surface area (Å²) < 4.78 is 6.42. The summed E-state index contributed by atoms with van der Waals surface area (Å²) in [6.07, 6.45) is 9.28. The molecule has 0 fully saturated rings. The van der Waals surface area contributed by atoms with E-state index in [1.54, 1.807) is 0 Å². The molecule has 0 bridgehead atoms. The van der Waals surface area contributed by atoms with Gasteiger partial charge in [-0.25, -0.2) is 0 Å². The number of phenolic OH excluding ortho intramolecular Hbond substituents is 1. The van der Waals surface area contributed by atoms with Crippen LogP contribution in [0.15, 0.2) is 17.7 Å². The molecule has 1 heterocycles. The lowest BCUT2D eigenvalue weighted by Gasteiger charge is -2.46. The molecule has 2 atom stereocenters. The van der Waals surface area contributed by atoms with E-state index in [0.29, 0.717) is 11.7 Å². The summed E-state index contributed by atoms with van der Waals surface area (Å²) in [6.45, 7) is 10.9. The smallest absolute Gasteiger partial charge is 0.127 e. The largest absolute Gasteiger partial charge is 0.507 e. The summed E-state index contributed by atoms with van der Waals surface area (Å²) in [6, 6.07) is 2.20. The van der Waals surface area contributed by atoms with Crippen LogP contribution in [0.25, 0.3) is 0 Å². The highest BCUT2D eigenvalue weighted by Gasteiger charge is 2.45. The van der Waals surface area contributed by atoms with E-state index in [1.165, 1.54) is 30.4 Å². The first-order chi connectivity index (χ1) is 11.3. The van der Waals surface area contributed by atoms with Gasteiger partial charge in [-0.05, 0) is 70.6 Å². The zero-order valence-corrected chi connectivity index (χ0v) is 15.9. The first-order valence-electron chi connectivity index (χ1n) is 9.56. The summed E-state index contributed by atoms with van der Waals surface area (Å²) >= 11 is 0. The van der Waals surface area contributed by atoms with Crippen LogP contribution in [0.2, 0.25) is 0 Å². The number of rotatable bonds is 4. The molecule has 1 aliphatic carbocycles. The fraction of sp³-hybridized carbons (Fsp3) is 0.636. The second-order valence-corrected chi connectivity index (χ2v) is 8.27. The van der Waals surface area contributed by atoms with Crippen molar-refractivity contribution in [2.45, 2.75) is 84.7 Å². The molecule has 1 N–H and O–H groups in total. The molecule has 1 aliphatic heterocycles. The zero-order valence-electron chi connectivity index (χ0n) is 15.9. The highest BCUT2D eigenvalue weighted by Crippen LogP contribution is 2.54. The van der Waals surface area contributed by atoms with E-state index < -0.39 is 0 Å². The monoisotopic (exact) mass is 328 g/mol. The predicted molar refractivity (Wildman–Crippen MR) is 100 cm³/mol. The minimum Gasteiger partial charge on any atom is -0.507 e. The van der Waals surface area contributed by atoms with E-state index in [-0.39, 0.29) is 11.5 Å². The lowest BCUT2D eigenvalue weighted by atomic mass is 9.67. The number of hydrogen-bond donors (Lipinski definition) is 1. The molecule has 2 unspecified atom stereocenters. The quantitative estimate of drug-likeness (QED) is 0.539. The van der Waals surface area contributed by atoms with Crippen LogP contribution in [0, 0.1) is 12.8 Å². The number of benzene rings is 1. The third-order valence-electron chi connectivity index (χ3n) is 6.06. The van der Waals surface area contributed by atoms with Gasteiger partial charge in [-0.3, -0.25) is 0 Å². The van der Waals surface area contributed by atoms with E-state index >= 15 is 0 Å². The van der Waals surface area contributed by atoms with Gasteiger partial charge in [-0.1, -0.05) is 31.4 Å². The van der Waals surface area contributed by atoms with Crippen LogP contribution in [-0.4, -0.2) is 10.7 Å². The molecule has 2 aliphatic rings. The van der Waals surface area contributed by atoms with Crippen LogP contribution >= 0.6 is 0 Å². The van der Waals surface area contributed by atoms with Crippen molar-refractivity contribution in [3.05, 3.63) is 34.4 Å². The van der Waals surface area contributed by atoms with Crippen LogP contribution in [0.1, 0.15) is 82.4 Å². The number of aromatic hydroxyl groups is 1. The predicted octanol–water partition coefficient (Wildman–Crippen LogP) is 6.04. The van der Waals surface area contributed by atoms with Crippen molar-refractivity contribution in [2.24, 2.45) is 5.92 Å². The molecule has 0 spiro atoms. The third-order valence-corrected chi connectivity index (χ3v) is 6.06. The van der Waals surface area contributed by atoms with Crippen LogP contribution in [0.4, 0.5) is 0 Å². The van der Waals surface area contributed by atoms with E-state index in [0.717, 1.165) is 36.1 Å². The van der Waals surface area contributed by atoms with E-state index in [2.05, 4.69) is 46.8 Å². The van der Waals surface area contributed by atoms with Crippen LogP contribution in [-0.2, 0) is 6.42 Å². The second-order valence-electron chi connectivity index (χ2n) is 8.27. The van der Waals surface area contributed by atoms with Gasteiger partial charge in [0, 0.05) is 17.4 Å². The van der Waals surface area contributed by atoms with Crippen molar-refractivity contribution in [1.29, 1.82) is 0 Å². The highest BCUT2D eigenvalue weighted by atomic mass is 16.5. The fourth-order valence-corrected chi connectivity index (χ4v) is 4.54. The molecule has 0 amide bonds. The van der Waals surface area contributed by atoms with Gasteiger partial charge in [0.05, 0.1) is 0 Å². The minimum absolute atomic E-state index is 0.183. The first kappa shape index (κ1) is 17.4. The Kier molecular flexibility index (Phi) is 4.68. The Balaban J connectivity index is 2.06. The third kappa shape index (κ3) is 2.96. The summed E-state index contributed by atoms with van der Waals surface area (Å²) in [5.41, 5.74) is 4.56. The molecule has 132 valence electrons. The molecule has 1 aromatic carbocycles. The lowest BCUT2D eigenvalue weighted by Crippen LogP contribution is -2.45. The Morgan fingerprint density at radius 3 is 2.71 bits per heavy atom. The first-order valence-corrected chi connectivity index (χ1v) is 9.56. The van der Waals surface area contributed by atoms with E-state index in [9.17, 15) is 5.11 Å². The Hall–Kier alpha value is -1.44. The van der Waals surface area contributed by atoms with Crippen molar-refractivity contribution in [3.63, 3.8) is 0 Å². The van der Waals surface area contributed by atoms with Crippen molar-refractivity contribution >= 4 is 0 Å². The second kappa shape index (κ2) is 6.46. The number of hydrogen-bond acceptors (Lipinski definition) is 2. The Bertz CT molecular complexity index is 654. The standard InChI is InChI=1S/C22H32O2/c1-6-7-8-9-16-13-19-20(21(23)15(16)3)17-12-14(2)10-11-18(17)22(4,5)24-19/h12-13,17-18,23H,6-11H2,1-5H3. The maximum atomic E-state index is 11.0. The normalized spacial score (nSPS) is 24.6. The number of fused-ring (bicyclic) bond motifs is 3. The van der Waals surface area contributed by atoms with Crippen LogP contribution < -0.4 is 4.74 Å². The topological polar surface area (TPSA) is 29.5 Å². The summed E-state index contributed by atoms with van der Waals surface area (Å²) in [4.78, 5) is 0. The maximum absolute atomic E-state index is 11.0. The van der Waals surface area contributed by atoms with E-state index in [4.69, 9.17) is 4.74 Å². The molecule has 2 nitrogen and oxygen atoms in total. The number of aryl methyl sites for hydroxylation is 1. The van der Waals surface area contributed by atoms with Crippen molar-refractivity contribution in [1.82, 2.24) is 0 Å². The van der Waals surface area contributed by atoms with Gasteiger partial charge in [0.25, 0.3) is 0 Å². The number of phenols is 1. The van der Waals surface area contributed by atoms with Gasteiger partial charge in [-0.15, -0.1) is 0 Å². The summed E-state index contributed by atoms with van der Waals surface area (Å²) in [5, 5.41) is 11.0. The number of unbranched alkanes of at least 4 members (excludes halogenated alkanes) is 2. The average Bonchev–Trinajstić information content (AvgIpc) is 2.51. The maximum Gasteiger partial charge on any atom is 0.127 e. The Labute approximate surface area is 146 Å². The zero-order chi connectivity index (χ0) is 17.5. The van der Waals surface area contributed by atoms with Crippen molar-refractivity contribution < 1.29 is 9.84 Å². The van der Waals surface area contributed by atoms with Gasteiger partial charge < -0.3 is 9.84 Å². The molecule has 3 rings (SSSR count). The fourth-order valence-electron chi connectivity index (χ4n) is 4.54. The average molecular weight is 328 g/mol. The molecule has 24 heavy (non-hydrogen) atoms. The van der Waals surface area contributed by atoms with Crippen molar-refractivity contribution in [2.75, 3.05) is 0 Å². The minimum atomic E-state index is -0.183. The lowest BCUT2D eigenvalue weighted by molar-refractivity contribution is 0.0106. The molecule has 0 saturated carbocycles. The SMILES string of the molecule is CCCCCc1cc2c(c(O)c1C)C1C=C(C)CCC1C(C)(C)O2. The molecule has 0 radical (unpaired) electrons. The Morgan fingerprint density at radius 1 is 1.25 bits per heavy atom.